The Kier molecular flexibility index (Phi) is 6.40. The molecule has 158 valence electrons. The van der Waals surface area contributed by atoms with Crippen LogP contribution in [0.1, 0.15) is 31.9 Å². The molecule has 3 rings (SSSR count). The molecule has 2 N–H and O–H groups in total. The van der Waals surface area contributed by atoms with E-state index in [1.807, 2.05) is 54.2 Å². The highest BCUT2D eigenvalue weighted by molar-refractivity contribution is 5.88. The number of pyridine rings is 1. The minimum atomic E-state index is -0.776. The van der Waals surface area contributed by atoms with Gasteiger partial charge in [-0.05, 0) is 44.0 Å². The number of para-hydroxylation sites is 1. The number of aromatic nitrogens is 2. The van der Waals surface area contributed by atoms with Crippen LogP contribution in [-0.4, -0.2) is 33.2 Å². The highest BCUT2D eigenvalue weighted by atomic mass is 16.6. The first-order valence-electron chi connectivity index (χ1n) is 9.92. The molecule has 0 aliphatic rings. The zero-order valence-electron chi connectivity index (χ0n) is 17.8. The fraction of sp³-hybridized carbons (Fsp3) is 0.348. The Balaban J connectivity index is 1.79. The summed E-state index contributed by atoms with van der Waals surface area (Å²) in [6, 6.07) is 10.9. The molecule has 7 heteroatoms. The van der Waals surface area contributed by atoms with E-state index in [0.717, 1.165) is 22.0 Å². The van der Waals surface area contributed by atoms with Crippen LogP contribution in [0.25, 0.3) is 10.9 Å². The molecule has 1 aromatic carbocycles. The molecule has 0 saturated heterocycles. The number of carbonyl (C=O) groups excluding carboxylic acids is 2. The molecule has 0 spiro atoms. The fourth-order valence-electron chi connectivity index (χ4n) is 3.28. The van der Waals surface area contributed by atoms with Crippen LogP contribution in [0.3, 0.4) is 0 Å². The van der Waals surface area contributed by atoms with Gasteiger partial charge in [0, 0.05) is 49.5 Å². The van der Waals surface area contributed by atoms with Gasteiger partial charge in [-0.1, -0.05) is 24.3 Å². The maximum Gasteiger partial charge on any atom is 0.408 e. The minimum absolute atomic E-state index is 0.280. The normalized spacial score (nSPS) is 12.4. The number of carbonyl (C=O) groups is 2. The van der Waals surface area contributed by atoms with Crippen molar-refractivity contribution in [1.29, 1.82) is 0 Å². The van der Waals surface area contributed by atoms with Gasteiger partial charge in [0.15, 0.2) is 0 Å². The van der Waals surface area contributed by atoms with E-state index >= 15 is 0 Å². The molecule has 2 amide bonds. The first-order chi connectivity index (χ1) is 14.2. The van der Waals surface area contributed by atoms with Gasteiger partial charge in [-0.25, -0.2) is 4.79 Å². The Morgan fingerprint density at radius 2 is 1.93 bits per heavy atom. The average molecular weight is 409 g/mol. The molecule has 0 bridgehead atoms. The topological polar surface area (TPSA) is 85.2 Å². The largest absolute Gasteiger partial charge is 0.444 e. The van der Waals surface area contributed by atoms with Crippen molar-refractivity contribution < 1.29 is 14.3 Å². The molecule has 0 fully saturated rings. The summed E-state index contributed by atoms with van der Waals surface area (Å²) >= 11 is 0. The maximum atomic E-state index is 13.0. The van der Waals surface area contributed by atoms with E-state index in [4.69, 9.17) is 4.74 Å². The predicted molar refractivity (Wildman–Crippen MR) is 116 cm³/mol. The first-order valence-corrected chi connectivity index (χ1v) is 9.92. The summed E-state index contributed by atoms with van der Waals surface area (Å²) in [7, 11) is 1.96. The van der Waals surface area contributed by atoms with Crippen molar-refractivity contribution in [2.75, 3.05) is 0 Å². The molecule has 0 radical (unpaired) electrons. The molecule has 1 atom stereocenters. The molecule has 0 aliphatic carbocycles. The summed E-state index contributed by atoms with van der Waals surface area (Å²) < 4.78 is 7.38. The third-order valence-corrected chi connectivity index (χ3v) is 4.60. The molecular weight excluding hydrogens is 380 g/mol. The van der Waals surface area contributed by atoms with E-state index in [1.54, 1.807) is 33.2 Å². The van der Waals surface area contributed by atoms with Crippen LogP contribution >= 0.6 is 0 Å². The predicted octanol–water partition coefficient (Wildman–Crippen LogP) is 3.33. The lowest BCUT2D eigenvalue weighted by Gasteiger charge is -2.23. The number of rotatable bonds is 6. The fourth-order valence-corrected chi connectivity index (χ4v) is 3.28. The van der Waals surface area contributed by atoms with Crippen molar-refractivity contribution in [1.82, 2.24) is 20.2 Å². The smallest absolute Gasteiger partial charge is 0.408 e. The maximum absolute atomic E-state index is 13.0. The van der Waals surface area contributed by atoms with Crippen molar-refractivity contribution in [3.63, 3.8) is 0 Å². The molecule has 0 unspecified atom stereocenters. The number of hydrogen-bond acceptors (Lipinski definition) is 4. The van der Waals surface area contributed by atoms with Gasteiger partial charge in [-0.2, -0.15) is 0 Å². The average Bonchev–Trinajstić information content (AvgIpc) is 3.01. The second-order valence-corrected chi connectivity index (χ2v) is 8.26. The van der Waals surface area contributed by atoms with Crippen LogP contribution in [0.15, 0.2) is 55.0 Å². The lowest BCUT2D eigenvalue weighted by molar-refractivity contribution is -0.123. The van der Waals surface area contributed by atoms with Crippen molar-refractivity contribution in [2.45, 2.75) is 45.4 Å². The van der Waals surface area contributed by atoms with Gasteiger partial charge in [0.1, 0.15) is 11.6 Å². The number of hydrogen-bond donors (Lipinski definition) is 2. The number of benzene rings is 1. The second-order valence-electron chi connectivity index (χ2n) is 8.26. The van der Waals surface area contributed by atoms with Crippen molar-refractivity contribution in [3.05, 3.63) is 66.1 Å². The zero-order chi connectivity index (χ0) is 21.7. The number of nitrogens with zero attached hydrogens (tertiary/aromatic N) is 2. The lowest BCUT2D eigenvalue weighted by atomic mass is 10.0. The van der Waals surface area contributed by atoms with Gasteiger partial charge in [-0.3, -0.25) is 9.78 Å². The summed E-state index contributed by atoms with van der Waals surface area (Å²) in [4.78, 5) is 29.4. The highest BCUT2D eigenvalue weighted by Gasteiger charge is 2.25. The van der Waals surface area contributed by atoms with Crippen LogP contribution in [0, 0.1) is 0 Å². The third-order valence-electron chi connectivity index (χ3n) is 4.60. The van der Waals surface area contributed by atoms with Gasteiger partial charge in [0.2, 0.25) is 5.91 Å². The van der Waals surface area contributed by atoms with Crippen LogP contribution < -0.4 is 10.6 Å². The Labute approximate surface area is 176 Å². The minimum Gasteiger partial charge on any atom is -0.444 e. The molecule has 0 saturated carbocycles. The Hall–Kier alpha value is -3.35. The number of nitrogens with one attached hydrogen (secondary N) is 2. The van der Waals surface area contributed by atoms with E-state index in [2.05, 4.69) is 15.6 Å². The molecule has 7 nitrogen and oxygen atoms in total. The number of alkyl carbamates (subject to hydrolysis) is 1. The van der Waals surface area contributed by atoms with E-state index < -0.39 is 17.7 Å². The molecule has 2 aromatic heterocycles. The van der Waals surface area contributed by atoms with Gasteiger partial charge in [0.05, 0.1) is 0 Å². The lowest BCUT2D eigenvalue weighted by Crippen LogP contribution is -2.49. The van der Waals surface area contributed by atoms with Crippen LogP contribution in [0.5, 0.6) is 0 Å². The third kappa shape index (κ3) is 5.59. The van der Waals surface area contributed by atoms with E-state index in [-0.39, 0.29) is 5.91 Å². The Bertz CT molecular complexity index is 1020. The van der Waals surface area contributed by atoms with Gasteiger partial charge in [-0.15, -0.1) is 0 Å². The number of ether oxygens (including phenoxy) is 1. The molecule has 0 aliphatic heterocycles. The van der Waals surface area contributed by atoms with E-state index in [0.29, 0.717) is 13.0 Å². The quantitative estimate of drug-likeness (QED) is 0.655. The second kappa shape index (κ2) is 8.98. The summed E-state index contributed by atoms with van der Waals surface area (Å²) in [5, 5.41) is 6.67. The monoisotopic (exact) mass is 408 g/mol. The number of aryl methyl sites for hydroxylation is 1. The number of fused-ring (bicyclic) bond motifs is 1. The SMILES string of the molecule is Cn1cc(C[C@@H](NC(=O)OC(C)(C)C)C(=O)NCc2cccnc2)c2ccccc21. The summed E-state index contributed by atoms with van der Waals surface area (Å²) in [6.45, 7) is 5.69. The first kappa shape index (κ1) is 21.4. The molecule has 2 heterocycles. The van der Waals surface area contributed by atoms with E-state index in [1.165, 1.54) is 0 Å². The number of amides is 2. The summed E-state index contributed by atoms with van der Waals surface area (Å²) in [5.41, 5.74) is 2.28. The van der Waals surface area contributed by atoms with Crippen molar-refractivity contribution >= 4 is 22.9 Å². The van der Waals surface area contributed by atoms with E-state index in [9.17, 15) is 9.59 Å². The van der Waals surface area contributed by atoms with Gasteiger partial charge < -0.3 is 19.9 Å². The molecular formula is C23H28N4O3. The highest BCUT2D eigenvalue weighted by Crippen LogP contribution is 2.22. The zero-order valence-corrected chi connectivity index (χ0v) is 17.8. The van der Waals surface area contributed by atoms with Crippen LogP contribution in [-0.2, 0) is 29.5 Å². The van der Waals surface area contributed by atoms with Crippen LogP contribution in [0.2, 0.25) is 0 Å². The van der Waals surface area contributed by atoms with Crippen LogP contribution in [0.4, 0.5) is 4.79 Å². The van der Waals surface area contributed by atoms with Crippen molar-refractivity contribution in [2.24, 2.45) is 7.05 Å². The van der Waals surface area contributed by atoms with Gasteiger partial charge >= 0.3 is 6.09 Å². The summed E-state index contributed by atoms with van der Waals surface area (Å²) in [6.07, 6.45) is 5.09. The standard InChI is InChI=1S/C23H28N4O3/c1-23(2,3)30-22(29)26-19(21(28)25-14-16-8-7-11-24-13-16)12-17-15-27(4)20-10-6-5-9-18(17)20/h5-11,13,15,19H,12,14H2,1-4H3,(H,25,28)(H,26,29)/t19-/m1/s1. The van der Waals surface area contributed by atoms with Gasteiger partial charge in [0.25, 0.3) is 0 Å². The summed E-state index contributed by atoms with van der Waals surface area (Å²) in [5.74, 6) is -0.280. The molecule has 3 aromatic rings. The molecule has 30 heavy (non-hydrogen) atoms. The Morgan fingerprint density at radius 1 is 1.17 bits per heavy atom. The van der Waals surface area contributed by atoms with Crippen molar-refractivity contribution in [3.8, 4) is 0 Å². The Morgan fingerprint density at radius 3 is 2.63 bits per heavy atom.